The third-order valence-corrected chi connectivity index (χ3v) is 5.48. The van der Waals surface area contributed by atoms with Crippen LogP contribution >= 0.6 is 11.6 Å². The highest BCUT2D eigenvalue weighted by Crippen LogP contribution is 2.19. The fraction of sp³-hybridized carbons (Fsp3) is 0.435. The van der Waals surface area contributed by atoms with E-state index in [1.54, 1.807) is 7.11 Å². The molecule has 6 heteroatoms. The summed E-state index contributed by atoms with van der Waals surface area (Å²) < 4.78 is 11.2. The van der Waals surface area contributed by atoms with E-state index < -0.39 is 0 Å². The van der Waals surface area contributed by atoms with Crippen molar-refractivity contribution in [1.82, 2.24) is 9.80 Å². The Morgan fingerprint density at radius 1 is 1.21 bits per heavy atom. The summed E-state index contributed by atoms with van der Waals surface area (Å²) in [6, 6.07) is 17.8. The number of amides is 1. The number of rotatable bonds is 9. The van der Waals surface area contributed by atoms with Crippen LogP contribution in [0.2, 0.25) is 5.02 Å². The van der Waals surface area contributed by atoms with Crippen molar-refractivity contribution in [3.05, 3.63) is 70.7 Å². The number of methoxy groups -OCH3 is 1. The fourth-order valence-corrected chi connectivity index (χ4v) is 3.74. The normalized spacial score (nSPS) is 17.2. The van der Waals surface area contributed by atoms with Gasteiger partial charge in [0.2, 0.25) is 5.91 Å². The van der Waals surface area contributed by atoms with Crippen LogP contribution in [0.3, 0.4) is 0 Å². The van der Waals surface area contributed by atoms with Crippen molar-refractivity contribution in [3.63, 3.8) is 0 Å². The zero-order chi connectivity index (χ0) is 20.5. The zero-order valence-electron chi connectivity index (χ0n) is 16.9. The average molecular weight is 417 g/mol. The van der Waals surface area contributed by atoms with Crippen LogP contribution in [-0.4, -0.2) is 68.3 Å². The third-order valence-electron chi connectivity index (χ3n) is 5.11. The Kier molecular flexibility index (Phi) is 8.50. The first-order chi connectivity index (χ1) is 14.2. The minimum Gasteiger partial charge on any atom is -0.383 e. The Labute approximate surface area is 178 Å². The van der Waals surface area contributed by atoms with Crippen LogP contribution in [0.15, 0.2) is 54.6 Å². The van der Waals surface area contributed by atoms with E-state index in [9.17, 15) is 4.79 Å². The van der Waals surface area contributed by atoms with E-state index in [0.717, 1.165) is 35.8 Å². The molecule has 3 rings (SSSR count). The molecule has 1 aliphatic heterocycles. The Hall–Kier alpha value is -1.92. The second-order valence-corrected chi connectivity index (χ2v) is 7.72. The topological polar surface area (TPSA) is 42.0 Å². The molecule has 0 radical (unpaired) electrons. The molecule has 1 atom stereocenters. The highest BCUT2D eigenvalue weighted by molar-refractivity contribution is 6.31. The lowest BCUT2D eigenvalue weighted by Gasteiger charge is -2.36. The molecule has 0 spiro atoms. The van der Waals surface area contributed by atoms with Crippen molar-refractivity contribution in [1.29, 1.82) is 0 Å². The SMILES string of the molecule is COCCN(CC1CN(Cc2ccccc2Cl)CCO1)C(=O)Cc1ccccc1. The molecule has 0 N–H and O–H groups in total. The summed E-state index contributed by atoms with van der Waals surface area (Å²) in [5, 5.41) is 0.787. The molecule has 1 saturated heterocycles. The molecular weight excluding hydrogens is 388 g/mol. The summed E-state index contributed by atoms with van der Waals surface area (Å²) in [6.45, 7) is 4.71. The lowest BCUT2D eigenvalue weighted by atomic mass is 10.1. The molecule has 1 heterocycles. The van der Waals surface area contributed by atoms with Crippen molar-refractivity contribution in [2.75, 3.05) is 46.5 Å². The van der Waals surface area contributed by atoms with Crippen LogP contribution in [0.4, 0.5) is 0 Å². The Morgan fingerprint density at radius 2 is 1.97 bits per heavy atom. The first-order valence-electron chi connectivity index (χ1n) is 10.0. The number of benzene rings is 2. The summed E-state index contributed by atoms with van der Waals surface area (Å²) >= 11 is 6.32. The standard InChI is InChI=1S/C23H29ClN2O3/c1-28-13-12-26(23(27)15-19-7-3-2-4-8-19)18-21-17-25(11-14-29-21)16-20-9-5-6-10-22(20)24/h2-10,21H,11-18H2,1H3. The van der Waals surface area contributed by atoms with Gasteiger partial charge in [-0.25, -0.2) is 0 Å². The van der Waals surface area contributed by atoms with E-state index in [-0.39, 0.29) is 12.0 Å². The van der Waals surface area contributed by atoms with E-state index >= 15 is 0 Å². The summed E-state index contributed by atoms with van der Waals surface area (Å²) in [7, 11) is 1.66. The quantitative estimate of drug-likeness (QED) is 0.629. The number of nitrogens with zero attached hydrogens (tertiary/aromatic N) is 2. The maximum Gasteiger partial charge on any atom is 0.227 e. The van der Waals surface area contributed by atoms with Crippen molar-refractivity contribution in [2.24, 2.45) is 0 Å². The van der Waals surface area contributed by atoms with Gasteiger partial charge in [0.05, 0.1) is 25.7 Å². The lowest BCUT2D eigenvalue weighted by molar-refractivity contribution is -0.134. The van der Waals surface area contributed by atoms with Gasteiger partial charge >= 0.3 is 0 Å². The molecule has 5 nitrogen and oxygen atoms in total. The van der Waals surface area contributed by atoms with Crippen LogP contribution in [0.1, 0.15) is 11.1 Å². The van der Waals surface area contributed by atoms with Crippen molar-refractivity contribution in [2.45, 2.75) is 19.1 Å². The monoisotopic (exact) mass is 416 g/mol. The number of halogens is 1. The van der Waals surface area contributed by atoms with Crippen molar-refractivity contribution >= 4 is 17.5 Å². The van der Waals surface area contributed by atoms with Crippen molar-refractivity contribution < 1.29 is 14.3 Å². The van der Waals surface area contributed by atoms with Crippen LogP contribution in [0.5, 0.6) is 0 Å². The molecule has 0 saturated carbocycles. The number of ether oxygens (including phenoxy) is 2. The van der Waals surface area contributed by atoms with E-state index in [4.69, 9.17) is 21.1 Å². The third kappa shape index (κ3) is 6.82. The highest BCUT2D eigenvalue weighted by atomic mass is 35.5. The van der Waals surface area contributed by atoms with E-state index in [2.05, 4.69) is 11.0 Å². The van der Waals surface area contributed by atoms with Crippen molar-refractivity contribution in [3.8, 4) is 0 Å². The number of hydrogen-bond donors (Lipinski definition) is 0. The van der Waals surface area contributed by atoms with Gasteiger partial charge in [-0.05, 0) is 17.2 Å². The van der Waals surface area contributed by atoms with Gasteiger partial charge in [0, 0.05) is 44.9 Å². The molecular formula is C23H29ClN2O3. The van der Waals surface area contributed by atoms with Gasteiger partial charge in [-0.2, -0.15) is 0 Å². The number of carbonyl (C=O) groups is 1. The lowest BCUT2D eigenvalue weighted by Crippen LogP contribution is -2.49. The maximum absolute atomic E-state index is 12.9. The number of morpholine rings is 1. The number of hydrogen-bond acceptors (Lipinski definition) is 4. The first-order valence-corrected chi connectivity index (χ1v) is 10.4. The van der Waals surface area contributed by atoms with Crippen LogP contribution < -0.4 is 0 Å². The fourth-order valence-electron chi connectivity index (χ4n) is 3.55. The molecule has 29 heavy (non-hydrogen) atoms. The summed E-state index contributed by atoms with van der Waals surface area (Å²) in [5.41, 5.74) is 2.14. The van der Waals surface area contributed by atoms with Crippen LogP contribution in [0.25, 0.3) is 0 Å². The highest BCUT2D eigenvalue weighted by Gasteiger charge is 2.25. The van der Waals surface area contributed by atoms with Gasteiger partial charge in [-0.3, -0.25) is 9.69 Å². The maximum atomic E-state index is 12.9. The zero-order valence-corrected chi connectivity index (χ0v) is 17.7. The molecule has 1 aliphatic rings. The average Bonchev–Trinajstić information content (AvgIpc) is 2.74. The second-order valence-electron chi connectivity index (χ2n) is 7.31. The van der Waals surface area contributed by atoms with E-state index in [1.807, 2.05) is 53.4 Å². The molecule has 0 bridgehead atoms. The molecule has 0 aliphatic carbocycles. The van der Waals surface area contributed by atoms with Gasteiger partial charge in [-0.1, -0.05) is 60.1 Å². The molecule has 1 unspecified atom stereocenters. The van der Waals surface area contributed by atoms with E-state index in [1.165, 1.54) is 0 Å². The Morgan fingerprint density at radius 3 is 2.72 bits per heavy atom. The smallest absolute Gasteiger partial charge is 0.227 e. The second kappa shape index (κ2) is 11.3. The van der Waals surface area contributed by atoms with Crippen LogP contribution in [-0.2, 0) is 27.2 Å². The van der Waals surface area contributed by atoms with Gasteiger partial charge in [0.1, 0.15) is 0 Å². The van der Waals surface area contributed by atoms with E-state index in [0.29, 0.717) is 32.7 Å². The van der Waals surface area contributed by atoms with Crippen LogP contribution in [0, 0.1) is 0 Å². The molecule has 156 valence electrons. The number of carbonyl (C=O) groups excluding carboxylic acids is 1. The molecule has 1 amide bonds. The Balaban J connectivity index is 1.59. The van der Waals surface area contributed by atoms with Gasteiger partial charge in [0.25, 0.3) is 0 Å². The summed E-state index contributed by atoms with van der Waals surface area (Å²) in [5.74, 6) is 0.0973. The largest absolute Gasteiger partial charge is 0.383 e. The summed E-state index contributed by atoms with van der Waals surface area (Å²) in [6.07, 6.45) is 0.364. The predicted molar refractivity (Wildman–Crippen MR) is 115 cm³/mol. The molecule has 2 aromatic rings. The Bertz CT molecular complexity index is 772. The van der Waals surface area contributed by atoms with Gasteiger partial charge in [0.15, 0.2) is 0 Å². The predicted octanol–water partition coefficient (Wildman–Crippen LogP) is 3.26. The first kappa shape index (κ1) is 21.8. The summed E-state index contributed by atoms with van der Waals surface area (Å²) in [4.78, 5) is 17.1. The minimum atomic E-state index is -0.0252. The van der Waals surface area contributed by atoms with Gasteiger partial charge in [-0.15, -0.1) is 0 Å². The molecule has 0 aromatic heterocycles. The molecule has 1 fully saturated rings. The minimum absolute atomic E-state index is 0.0252. The molecule has 2 aromatic carbocycles. The van der Waals surface area contributed by atoms with Gasteiger partial charge < -0.3 is 14.4 Å².